The van der Waals surface area contributed by atoms with E-state index in [1.54, 1.807) is 0 Å². The van der Waals surface area contributed by atoms with Crippen LogP contribution in [0.15, 0.2) is 12.3 Å². The average molecular weight is 422 g/mol. The van der Waals surface area contributed by atoms with Gasteiger partial charge >= 0.3 is 6.18 Å². The lowest BCUT2D eigenvalue weighted by Crippen LogP contribution is -2.49. The van der Waals surface area contributed by atoms with Gasteiger partial charge in [-0.2, -0.15) is 18.3 Å². The van der Waals surface area contributed by atoms with E-state index in [4.69, 9.17) is 4.98 Å². The van der Waals surface area contributed by atoms with Gasteiger partial charge in [-0.05, 0) is 37.7 Å². The minimum atomic E-state index is -4.42. The van der Waals surface area contributed by atoms with Crippen LogP contribution in [0, 0.1) is 18.8 Å². The second-order valence-corrected chi connectivity index (χ2v) is 8.59. The molecule has 0 radical (unpaired) electrons. The number of alkyl halides is 3. The molecule has 1 atom stereocenters. The monoisotopic (exact) mass is 422 g/mol. The highest BCUT2D eigenvalue weighted by atomic mass is 19.4. The predicted molar refractivity (Wildman–Crippen MR) is 105 cm³/mol. The van der Waals surface area contributed by atoms with Gasteiger partial charge in [-0.3, -0.25) is 9.48 Å². The van der Waals surface area contributed by atoms with E-state index < -0.39 is 11.9 Å². The van der Waals surface area contributed by atoms with Gasteiger partial charge in [0, 0.05) is 19.7 Å². The van der Waals surface area contributed by atoms with E-state index in [-0.39, 0.29) is 29.8 Å². The molecule has 0 saturated heterocycles. The summed E-state index contributed by atoms with van der Waals surface area (Å²) in [6.07, 6.45) is -0.906. The highest BCUT2D eigenvalue weighted by molar-refractivity contribution is 6.03. The van der Waals surface area contributed by atoms with Crippen LogP contribution in [0.5, 0.6) is 0 Å². The molecule has 3 heterocycles. The Balaban J connectivity index is 1.45. The maximum atomic E-state index is 12.7. The zero-order chi connectivity index (χ0) is 21.8. The number of carbonyl (C=O) groups is 1. The van der Waals surface area contributed by atoms with Crippen molar-refractivity contribution in [1.82, 2.24) is 19.7 Å². The van der Waals surface area contributed by atoms with Crippen LogP contribution < -0.4 is 10.2 Å². The highest BCUT2D eigenvalue weighted by Crippen LogP contribution is 2.41. The van der Waals surface area contributed by atoms with Crippen LogP contribution in [0.2, 0.25) is 0 Å². The normalized spacial score (nSPS) is 23.9. The molecule has 1 saturated carbocycles. The second kappa shape index (κ2) is 7.24. The maximum Gasteiger partial charge on any atom is 0.435 e. The van der Waals surface area contributed by atoms with Crippen molar-refractivity contribution in [3.05, 3.63) is 29.5 Å². The summed E-state index contributed by atoms with van der Waals surface area (Å²) in [6, 6.07) is 0.686. The molecule has 0 spiro atoms. The Kier molecular flexibility index (Phi) is 4.98. The molecular formula is C20H25F3N6O. The van der Waals surface area contributed by atoms with E-state index in [0.717, 1.165) is 24.6 Å². The van der Waals surface area contributed by atoms with Crippen LogP contribution in [-0.4, -0.2) is 38.7 Å². The molecule has 1 N–H and O–H groups in total. The molecule has 2 aliphatic rings. The largest absolute Gasteiger partial charge is 0.435 e. The Hall–Kier alpha value is -2.65. The first kappa shape index (κ1) is 20.6. The van der Waals surface area contributed by atoms with Crippen molar-refractivity contribution in [2.45, 2.75) is 58.3 Å². The fourth-order valence-corrected chi connectivity index (χ4v) is 4.40. The Labute approximate surface area is 172 Å². The number of rotatable bonds is 4. The first-order chi connectivity index (χ1) is 14.0. The number of anilines is 2. The van der Waals surface area contributed by atoms with Gasteiger partial charge in [0.25, 0.3) is 0 Å². The summed E-state index contributed by atoms with van der Waals surface area (Å²) < 4.78 is 39.6. The molecule has 30 heavy (non-hydrogen) atoms. The molecule has 1 aliphatic heterocycles. The van der Waals surface area contributed by atoms with Gasteiger partial charge in [-0.15, -0.1) is 0 Å². The molecule has 1 amide bonds. The summed E-state index contributed by atoms with van der Waals surface area (Å²) in [5.74, 6) is 1.77. The molecule has 162 valence electrons. The van der Waals surface area contributed by atoms with Gasteiger partial charge in [0.05, 0.1) is 11.7 Å². The summed E-state index contributed by atoms with van der Waals surface area (Å²) in [7, 11) is 1.87. The number of carbonyl (C=O) groups excluding carboxylic acids is 1. The summed E-state index contributed by atoms with van der Waals surface area (Å²) in [5, 5.41) is 6.60. The van der Waals surface area contributed by atoms with E-state index in [2.05, 4.69) is 15.4 Å². The topological polar surface area (TPSA) is 75.9 Å². The van der Waals surface area contributed by atoms with Gasteiger partial charge in [0.2, 0.25) is 5.91 Å². The summed E-state index contributed by atoms with van der Waals surface area (Å²) >= 11 is 0. The molecule has 4 rings (SSSR count). The number of hydrogen-bond donors (Lipinski definition) is 1. The highest BCUT2D eigenvalue weighted by Gasteiger charge is 2.38. The molecule has 10 heteroatoms. The molecule has 2 aromatic heterocycles. The lowest BCUT2D eigenvalue weighted by molar-refractivity contribution is -0.141. The number of fused-ring (bicyclic) bond motifs is 1. The number of aromatic nitrogens is 4. The van der Waals surface area contributed by atoms with E-state index in [0.29, 0.717) is 23.8 Å². The predicted octanol–water partition coefficient (Wildman–Crippen LogP) is 3.61. The fraction of sp³-hybridized carbons (Fsp3) is 0.600. The third-order valence-electron chi connectivity index (χ3n) is 5.97. The van der Waals surface area contributed by atoms with Crippen LogP contribution in [0.4, 0.5) is 24.7 Å². The minimum absolute atomic E-state index is 0.0305. The summed E-state index contributed by atoms with van der Waals surface area (Å²) in [4.78, 5) is 23.6. The van der Waals surface area contributed by atoms with Crippen molar-refractivity contribution in [1.29, 1.82) is 0 Å². The maximum absolute atomic E-state index is 12.7. The van der Waals surface area contributed by atoms with Crippen molar-refractivity contribution in [3.63, 3.8) is 0 Å². The van der Waals surface area contributed by atoms with Crippen LogP contribution in [-0.2, 0) is 17.4 Å². The zero-order valence-electron chi connectivity index (χ0n) is 17.4. The molecule has 0 aromatic carbocycles. The average Bonchev–Trinajstić information content (AvgIpc) is 3.08. The van der Waals surface area contributed by atoms with Crippen molar-refractivity contribution in [3.8, 4) is 0 Å². The van der Waals surface area contributed by atoms with Crippen molar-refractivity contribution < 1.29 is 18.0 Å². The first-order valence-electron chi connectivity index (χ1n) is 10.1. The first-order valence-corrected chi connectivity index (χ1v) is 10.1. The Bertz CT molecular complexity index is 964. The smallest absolute Gasteiger partial charge is 0.346 e. The number of nitrogens with one attached hydrogen (secondary N) is 1. The number of aryl methyl sites for hydroxylation is 1. The Morgan fingerprint density at radius 1 is 1.27 bits per heavy atom. The third-order valence-corrected chi connectivity index (χ3v) is 5.97. The van der Waals surface area contributed by atoms with E-state index in [1.165, 1.54) is 10.9 Å². The molecule has 0 unspecified atom stereocenters. The number of hydrogen-bond acceptors (Lipinski definition) is 5. The molecule has 1 aliphatic carbocycles. The molecule has 0 bridgehead atoms. The van der Waals surface area contributed by atoms with Crippen molar-refractivity contribution in [2.75, 3.05) is 17.3 Å². The third kappa shape index (κ3) is 3.63. The Morgan fingerprint density at radius 2 is 1.97 bits per heavy atom. The number of nitrogens with zero attached hydrogens (tertiary/aromatic N) is 5. The minimum Gasteiger partial charge on any atom is -0.346 e. The fourth-order valence-electron chi connectivity index (χ4n) is 4.40. The van der Waals surface area contributed by atoms with Crippen LogP contribution in [0.3, 0.4) is 0 Å². The second-order valence-electron chi connectivity index (χ2n) is 8.59. The zero-order valence-corrected chi connectivity index (χ0v) is 17.4. The number of halogens is 3. The van der Waals surface area contributed by atoms with Gasteiger partial charge < -0.3 is 10.2 Å². The van der Waals surface area contributed by atoms with E-state index >= 15 is 0 Å². The van der Waals surface area contributed by atoms with Gasteiger partial charge in [0.1, 0.15) is 17.6 Å². The molecule has 1 fully saturated rings. The van der Waals surface area contributed by atoms with Gasteiger partial charge in [-0.1, -0.05) is 13.8 Å². The van der Waals surface area contributed by atoms with Crippen LogP contribution in [0.1, 0.15) is 49.9 Å². The van der Waals surface area contributed by atoms with Crippen molar-refractivity contribution >= 4 is 17.4 Å². The van der Waals surface area contributed by atoms with Crippen LogP contribution >= 0.6 is 0 Å². The molecule has 2 aromatic rings. The van der Waals surface area contributed by atoms with E-state index in [1.807, 2.05) is 32.7 Å². The number of likely N-dealkylation sites (N-methyl/N-ethyl adjacent to an activating group) is 1. The Morgan fingerprint density at radius 3 is 2.57 bits per heavy atom. The van der Waals surface area contributed by atoms with Gasteiger partial charge in [-0.25, -0.2) is 9.97 Å². The number of amides is 1. The molecular weight excluding hydrogens is 397 g/mol. The summed E-state index contributed by atoms with van der Waals surface area (Å²) in [5.41, 5.74) is 0.505. The SMILES string of the molecule is Cc1nc(CC2CC(n3ccc(C(F)(F)F)n3)C2)nc2c1NC(=O)[C@H](C(C)C)N2C. The lowest BCUT2D eigenvalue weighted by atomic mass is 9.78. The lowest BCUT2D eigenvalue weighted by Gasteiger charge is -2.38. The summed E-state index contributed by atoms with van der Waals surface area (Å²) in [6.45, 7) is 5.84. The van der Waals surface area contributed by atoms with Gasteiger partial charge in [0.15, 0.2) is 11.5 Å². The van der Waals surface area contributed by atoms with E-state index in [9.17, 15) is 18.0 Å². The van der Waals surface area contributed by atoms with Crippen LogP contribution in [0.25, 0.3) is 0 Å². The standard InChI is InChI=1S/C20H25F3N6O/c1-10(2)17-19(30)26-16-11(3)24-15(25-18(16)28(17)4)9-12-7-13(8-12)29-6-5-14(27-29)20(21,22)23/h5-6,10,12-13,17H,7-9H2,1-4H3,(H,26,30)/t12?,13?,17-/m0/s1. The van der Waals surface area contributed by atoms with Crippen molar-refractivity contribution in [2.24, 2.45) is 11.8 Å². The molecule has 7 nitrogen and oxygen atoms in total. The quantitative estimate of drug-likeness (QED) is 0.815.